The molecule has 2 aromatic carbocycles. The average molecular weight is 352 g/mol. The van der Waals surface area contributed by atoms with Gasteiger partial charge in [0.05, 0.1) is 5.56 Å². The van der Waals surface area contributed by atoms with Crippen molar-refractivity contribution in [2.45, 2.75) is 19.5 Å². The van der Waals surface area contributed by atoms with Gasteiger partial charge in [0, 0.05) is 17.1 Å². The third-order valence-corrected chi connectivity index (χ3v) is 3.72. The normalized spacial score (nSPS) is 12.1. The van der Waals surface area contributed by atoms with Crippen LogP contribution in [0.3, 0.4) is 0 Å². The van der Waals surface area contributed by atoms with E-state index in [-0.39, 0.29) is 11.6 Å². The zero-order chi connectivity index (χ0) is 15.4. The van der Waals surface area contributed by atoms with Crippen LogP contribution in [-0.4, -0.2) is 11.1 Å². The van der Waals surface area contributed by atoms with Gasteiger partial charge in [-0.25, -0.2) is 9.18 Å². The molecule has 21 heavy (non-hydrogen) atoms. The summed E-state index contributed by atoms with van der Waals surface area (Å²) < 4.78 is 14.6. The molecule has 0 bridgehead atoms. The highest BCUT2D eigenvalue weighted by molar-refractivity contribution is 9.10. The quantitative estimate of drug-likeness (QED) is 0.851. The van der Waals surface area contributed by atoms with Crippen LogP contribution in [-0.2, 0) is 6.54 Å². The molecule has 0 aliphatic carbocycles. The molecule has 5 heteroatoms. The van der Waals surface area contributed by atoms with E-state index >= 15 is 0 Å². The lowest BCUT2D eigenvalue weighted by Crippen LogP contribution is -2.18. The van der Waals surface area contributed by atoms with Crippen LogP contribution in [0.4, 0.5) is 4.39 Å². The molecule has 0 spiro atoms. The zero-order valence-corrected chi connectivity index (χ0v) is 13.0. The summed E-state index contributed by atoms with van der Waals surface area (Å²) in [6.07, 6.45) is 0. The molecular formula is C16H15BrFNO2. The second-order valence-corrected chi connectivity index (χ2v) is 5.69. The number of aromatic carboxylic acids is 1. The highest BCUT2D eigenvalue weighted by Gasteiger charge is 2.11. The third kappa shape index (κ3) is 4.12. The zero-order valence-electron chi connectivity index (χ0n) is 11.4. The topological polar surface area (TPSA) is 49.3 Å². The first-order valence-corrected chi connectivity index (χ1v) is 7.27. The fraction of sp³-hybridized carbons (Fsp3) is 0.188. The molecule has 2 aromatic rings. The minimum absolute atomic E-state index is 0.102. The first-order valence-electron chi connectivity index (χ1n) is 6.48. The van der Waals surface area contributed by atoms with Gasteiger partial charge in [-0.1, -0.05) is 34.1 Å². The van der Waals surface area contributed by atoms with E-state index in [0.717, 1.165) is 10.0 Å². The molecule has 3 nitrogen and oxygen atoms in total. The highest BCUT2D eigenvalue weighted by Crippen LogP contribution is 2.18. The number of nitrogens with one attached hydrogen (secondary N) is 1. The summed E-state index contributed by atoms with van der Waals surface area (Å²) in [5.41, 5.74) is 1.52. The van der Waals surface area contributed by atoms with E-state index in [2.05, 4.69) is 21.2 Å². The number of halogens is 2. The number of hydrogen-bond donors (Lipinski definition) is 2. The van der Waals surface area contributed by atoms with Gasteiger partial charge in [-0.2, -0.15) is 0 Å². The number of benzene rings is 2. The van der Waals surface area contributed by atoms with Gasteiger partial charge >= 0.3 is 5.97 Å². The maximum absolute atomic E-state index is 13.6. The monoisotopic (exact) mass is 351 g/mol. The maximum Gasteiger partial charge on any atom is 0.338 e. The number of hydrogen-bond acceptors (Lipinski definition) is 2. The van der Waals surface area contributed by atoms with Gasteiger partial charge in [0.1, 0.15) is 5.82 Å². The number of carboxylic acids is 1. The fourth-order valence-electron chi connectivity index (χ4n) is 2.01. The van der Waals surface area contributed by atoms with Crippen molar-refractivity contribution < 1.29 is 14.3 Å². The molecule has 0 heterocycles. The van der Waals surface area contributed by atoms with E-state index in [1.165, 1.54) is 12.1 Å². The molecule has 2 rings (SSSR count). The summed E-state index contributed by atoms with van der Waals surface area (Å²) in [7, 11) is 0. The molecule has 0 amide bonds. The summed E-state index contributed by atoms with van der Waals surface area (Å²) in [5.74, 6) is -1.97. The molecule has 0 radical (unpaired) electrons. The van der Waals surface area contributed by atoms with Gasteiger partial charge in [-0.15, -0.1) is 0 Å². The van der Waals surface area contributed by atoms with Crippen LogP contribution in [0.15, 0.2) is 46.9 Å². The van der Waals surface area contributed by atoms with E-state index in [1.807, 2.05) is 31.2 Å². The average Bonchev–Trinajstić information content (AvgIpc) is 2.44. The molecule has 0 aromatic heterocycles. The van der Waals surface area contributed by atoms with Gasteiger partial charge < -0.3 is 10.4 Å². The van der Waals surface area contributed by atoms with Crippen LogP contribution in [0.25, 0.3) is 0 Å². The van der Waals surface area contributed by atoms with Crippen LogP contribution >= 0.6 is 15.9 Å². The first kappa shape index (κ1) is 15.7. The summed E-state index contributed by atoms with van der Waals surface area (Å²) in [6.45, 7) is 2.48. The van der Waals surface area contributed by atoms with E-state index in [1.54, 1.807) is 6.07 Å². The van der Waals surface area contributed by atoms with Crippen molar-refractivity contribution >= 4 is 21.9 Å². The molecule has 0 aliphatic heterocycles. The Morgan fingerprint density at radius 1 is 1.33 bits per heavy atom. The lowest BCUT2D eigenvalue weighted by Gasteiger charge is -2.15. The van der Waals surface area contributed by atoms with Gasteiger partial charge in [0.25, 0.3) is 0 Å². The van der Waals surface area contributed by atoms with E-state index < -0.39 is 11.8 Å². The van der Waals surface area contributed by atoms with Crippen molar-refractivity contribution in [2.24, 2.45) is 0 Å². The largest absolute Gasteiger partial charge is 0.478 e. The minimum Gasteiger partial charge on any atom is -0.478 e. The molecule has 1 atom stereocenters. The van der Waals surface area contributed by atoms with Crippen LogP contribution < -0.4 is 5.32 Å². The number of carboxylic acid groups (broad SMARTS) is 1. The van der Waals surface area contributed by atoms with Gasteiger partial charge in [-0.05, 0) is 42.3 Å². The second-order valence-electron chi connectivity index (χ2n) is 4.78. The Morgan fingerprint density at radius 2 is 2.10 bits per heavy atom. The third-order valence-electron chi connectivity index (χ3n) is 3.22. The van der Waals surface area contributed by atoms with Crippen molar-refractivity contribution in [2.75, 3.05) is 0 Å². The van der Waals surface area contributed by atoms with Crippen molar-refractivity contribution in [1.82, 2.24) is 5.32 Å². The van der Waals surface area contributed by atoms with Gasteiger partial charge in [-0.3, -0.25) is 0 Å². The van der Waals surface area contributed by atoms with E-state index in [9.17, 15) is 9.18 Å². The van der Waals surface area contributed by atoms with Crippen molar-refractivity contribution in [3.8, 4) is 0 Å². The number of rotatable bonds is 5. The Kier molecular flexibility index (Phi) is 5.09. The van der Waals surface area contributed by atoms with E-state index in [0.29, 0.717) is 12.1 Å². The number of carbonyl (C=O) groups is 1. The Hall–Kier alpha value is -1.72. The molecule has 0 fully saturated rings. The maximum atomic E-state index is 13.6. The summed E-state index contributed by atoms with van der Waals surface area (Å²) in [5, 5.41) is 12.1. The molecule has 0 aliphatic rings. The SMILES string of the molecule is CC(NCc1ccc(C(=O)O)c(F)c1)c1cccc(Br)c1. The Morgan fingerprint density at radius 3 is 2.71 bits per heavy atom. The Balaban J connectivity index is 2.03. The fourth-order valence-corrected chi connectivity index (χ4v) is 2.42. The predicted octanol–water partition coefficient (Wildman–Crippen LogP) is 4.14. The lowest BCUT2D eigenvalue weighted by molar-refractivity contribution is 0.0692. The van der Waals surface area contributed by atoms with E-state index in [4.69, 9.17) is 5.11 Å². The summed E-state index contributed by atoms with van der Waals surface area (Å²) >= 11 is 3.42. The standard InChI is InChI=1S/C16H15BrFNO2/c1-10(12-3-2-4-13(17)8-12)19-9-11-5-6-14(16(20)21)15(18)7-11/h2-8,10,19H,9H2,1H3,(H,20,21). The highest BCUT2D eigenvalue weighted by atomic mass is 79.9. The Bertz CT molecular complexity index is 660. The summed E-state index contributed by atoms with van der Waals surface area (Å²) in [6, 6.07) is 12.2. The van der Waals surface area contributed by atoms with Crippen LogP contribution in [0.1, 0.15) is 34.5 Å². The van der Waals surface area contributed by atoms with Crippen molar-refractivity contribution in [3.05, 3.63) is 69.4 Å². The smallest absolute Gasteiger partial charge is 0.338 e. The first-order chi connectivity index (χ1) is 9.97. The predicted molar refractivity (Wildman–Crippen MR) is 82.8 cm³/mol. The Labute approximate surface area is 130 Å². The van der Waals surface area contributed by atoms with Gasteiger partial charge in [0.15, 0.2) is 0 Å². The molecule has 0 saturated carbocycles. The molecule has 110 valence electrons. The van der Waals surface area contributed by atoms with Crippen LogP contribution in [0, 0.1) is 5.82 Å². The minimum atomic E-state index is -1.26. The molecule has 1 unspecified atom stereocenters. The second kappa shape index (κ2) is 6.83. The van der Waals surface area contributed by atoms with Gasteiger partial charge in [0.2, 0.25) is 0 Å². The molecule has 0 saturated heterocycles. The van der Waals surface area contributed by atoms with Crippen LogP contribution in [0.5, 0.6) is 0 Å². The molecular weight excluding hydrogens is 337 g/mol. The molecule has 2 N–H and O–H groups in total. The summed E-state index contributed by atoms with van der Waals surface area (Å²) in [4.78, 5) is 10.8. The lowest BCUT2D eigenvalue weighted by atomic mass is 10.1. The van der Waals surface area contributed by atoms with Crippen molar-refractivity contribution in [3.63, 3.8) is 0 Å². The van der Waals surface area contributed by atoms with Crippen molar-refractivity contribution in [1.29, 1.82) is 0 Å². The van der Waals surface area contributed by atoms with Crippen LogP contribution in [0.2, 0.25) is 0 Å².